The molecule has 126 valence electrons. The Hall–Kier alpha value is -1.72. The van der Waals surface area contributed by atoms with Crippen LogP contribution in [-0.4, -0.2) is 37.6 Å². The van der Waals surface area contributed by atoms with Crippen molar-refractivity contribution >= 4 is 0 Å². The van der Waals surface area contributed by atoms with Gasteiger partial charge in [-0.15, -0.1) is 0 Å². The summed E-state index contributed by atoms with van der Waals surface area (Å²) >= 11 is 0. The first kappa shape index (κ1) is 15.8. The van der Waals surface area contributed by atoms with E-state index in [0.29, 0.717) is 13.2 Å². The molecule has 0 amide bonds. The van der Waals surface area contributed by atoms with Crippen LogP contribution in [0.2, 0.25) is 0 Å². The van der Waals surface area contributed by atoms with Crippen LogP contribution in [-0.2, 0) is 32.2 Å². The van der Waals surface area contributed by atoms with Crippen LogP contribution >= 0.6 is 0 Å². The molecule has 2 aliphatic rings. The summed E-state index contributed by atoms with van der Waals surface area (Å²) in [6.45, 7) is 2.58. The number of epoxide rings is 2. The summed E-state index contributed by atoms with van der Waals surface area (Å²) in [6.07, 6.45) is 0.0280. The lowest BCUT2D eigenvalue weighted by molar-refractivity contribution is -0.104. The Kier molecular flexibility index (Phi) is 4.90. The van der Waals surface area contributed by atoms with Crippen molar-refractivity contribution in [1.82, 2.24) is 0 Å². The van der Waals surface area contributed by atoms with Gasteiger partial charge in [0.25, 0.3) is 0 Å². The quantitative estimate of drug-likeness (QED) is 0.665. The van der Waals surface area contributed by atoms with Gasteiger partial charge in [0.1, 0.15) is 24.4 Å². The van der Waals surface area contributed by atoms with Crippen molar-refractivity contribution in [2.24, 2.45) is 0 Å². The fraction of sp³-hybridized carbons (Fsp3) is 0.400. The summed E-state index contributed by atoms with van der Waals surface area (Å²) in [6, 6.07) is 20.4. The summed E-state index contributed by atoms with van der Waals surface area (Å²) in [5.41, 5.74) is 2.31. The van der Waals surface area contributed by atoms with E-state index in [1.165, 1.54) is 0 Å². The van der Waals surface area contributed by atoms with Gasteiger partial charge in [0.2, 0.25) is 0 Å². The molecule has 0 saturated carbocycles. The smallest absolute Gasteiger partial charge is 0.115 e. The first-order valence-electron chi connectivity index (χ1n) is 8.44. The Bertz CT molecular complexity index is 565. The number of ether oxygens (including phenoxy) is 4. The SMILES string of the molecule is c1ccc(CO[C@@H]([C@H](OCc2ccccc2)[C@@H]2CO2)[C@@H]2CO2)cc1. The first-order chi connectivity index (χ1) is 11.9. The van der Waals surface area contributed by atoms with Crippen molar-refractivity contribution in [3.8, 4) is 0 Å². The van der Waals surface area contributed by atoms with Gasteiger partial charge in [-0.3, -0.25) is 0 Å². The molecule has 2 fully saturated rings. The summed E-state index contributed by atoms with van der Waals surface area (Å²) in [7, 11) is 0. The minimum Gasteiger partial charge on any atom is -0.370 e. The van der Waals surface area contributed by atoms with Crippen LogP contribution in [0.15, 0.2) is 60.7 Å². The highest BCUT2D eigenvalue weighted by atomic mass is 16.6. The van der Waals surface area contributed by atoms with Crippen LogP contribution in [0.5, 0.6) is 0 Å². The molecule has 4 atom stereocenters. The second kappa shape index (κ2) is 7.45. The monoisotopic (exact) mass is 326 g/mol. The minimum absolute atomic E-state index is 0.0959. The van der Waals surface area contributed by atoms with E-state index in [-0.39, 0.29) is 24.4 Å². The van der Waals surface area contributed by atoms with E-state index < -0.39 is 0 Å². The molecule has 4 heteroatoms. The van der Waals surface area contributed by atoms with Gasteiger partial charge < -0.3 is 18.9 Å². The molecule has 0 radical (unpaired) electrons. The van der Waals surface area contributed by atoms with Gasteiger partial charge in [-0.2, -0.15) is 0 Å². The van der Waals surface area contributed by atoms with Gasteiger partial charge >= 0.3 is 0 Å². The fourth-order valence-corrected chi connectivity index (χ4v) is 2.85. The standard InChI is InChI=1S/C20H22O4/c1-3-7-15(8-4-1)11-23-19(17-13-21-17)20(18-14-22-18)24-12-16-9-5-2-6-10-16/h1-10,17-20H,11-14H2/t17-,18-,19+,20+/m0/s1. The van der Waals surface area contributed by atoms with E-state index in [9.17, 15) is 0 Å². The van der Waals surface area contributed by atoms with Crippen molar-refractivity contribution in [3.63, 3.8) is 0 Å². The topological polar surface area (TPSA) is 43.5 Å². The van der Waals surface area contributed by atoms with Crippen molar-refractivity contribution in [1.29, 1.82) is 0 Å². The Morgan fingerprint density at radius 3 is 1.42 bits per heavy atom. The number of benzene rings is 2. The number of hydrogen-bond acceptors (Lipinski definition) is 4. The second-order valence-electron chi connectivity index (χ2n) is 6.27. The summed E-state index contributed by atoms with van der Waals surface area (Å²) in [5, 5.41) is 0. The third-order valence-electron chi connectivity index (χ3n) is 4.35. The maximum atomic E-state index is 6.17. The lowest BCUT2D eigenvalue weighted by atomic mass is 10.1. The van der Waals surface area contributed by atoms with Crippen LogP contribution in [0, 0.1) is 0 Å². The largest absolute Gasteiger partial charge is 0.370 e. The molecule has 0 bridgehead atoms. The van der Waals surface area contributed by atoms with Crippen LogP contribution in [0.1, 0.15) is 11.1 Å². The average Bonchev–Trinajstić information content (AvgIpc) is 3.52. The lowest BCUT2D eigenvalue weighted by Gasteiger charge is -2.25. The highest BCUT2D eigenvalue weighted by Gasteiger charge is 2.47. The molecule has 2 aliphatic heterocycles. The molecule has 0 aromatic heterocycles. The third-order valence-corrected chi connectivity index (χ3v) is 4.35. The Morgan fingerprint density at radius 1 is 0.708 bits per heavy atom. The van der Waals surface area contributed by atoms with Crippen molar-refractivity contribution in [2.75, 3.05) is 13.2 Å². The maximum Gasteiger partial charge on any atom is 0.115 e. The van der Waals surface area contributed by atoms with Crippen molar-refractivity contribution in [3.05, 3.63) is 71.8 Å². The predicted molar refractivity (Wildman–Crippen MR) is 89.5 cm³/mol. The van der Waals surface area contributed by atoms with Crippen molar-refractivity contribution < 1.29 is 18.9 Å². The molecule has 0 unspecified atom stereocenters. The van der Waals surface area contributed by atoms with Crippen LogP contribution in [0.25, 0.3) is 0 Å². The van der Waals surface area contributed by atoms with Crippen LogP contribution in [0.4, 0.5) is 0 Å². The predicted octanol–water partition coefficient (Wildman–Crippen LogP) is 2.95. The van der Waals surface area contributed by atoms with E-state index >= 15 is 0 Å². The number of hydrogen-bond donors (Lipinski definition) is 0. The zero-order valence-electron chi connectivity index (χ0n) is 13.5. The molecule has 0 aliphatic carbocycles. The molecule has 4 rings (SSSR count). The molecular weight excluding hydrogens is 304 g/mol. The molecule has 0 N–H and O–H groups in total. The summed E-state index contributed by atoms with van der Waals surface area (Å²) in [5.74, 6) is 0. The highest BCUT2D eigenvalue weighted by molar-refractivity contribution is 5.14. The Morgan fingerprint density at radius 2 is 1.08 bits per heavy atom. The minimum atomic E-state index is -0.0959. The number of rotatable bonds is 9. The molecule has 24 heavy (non-hydrogen) atoms. The van der Waals surface area contributed by atoms with Gasteiger partial charge in [0.15, 0.2) is 0 Å². The molecule has 4 nitrogen and oxygen atoms in total. The maximum absolute atomic E-state index is 6.17. The van der Waals surface area contributed by atoms with Gasteiger partial charge in [-0.1, -0.05) is 60.7 Å². The molecule has 2 aromatic carbocycles. The Labute approximate surface area is 142 Å². The van der Waals surface area contributed by atoms with E-state index in [4.69, 9.17) is 18.9 Å². The van der Waals surface area contributed by atoms with E-state index in [1.54, 1.807) is 0 Å². The summed E-state index contributed by atoms with van der Waals surface area (Å²) in [4.78, 5) is 0. The highest BCUT2D eigenvalue weighted by Crippen LogP contribution is 2.30. The third kappa shape index (κ3) is 4.22. The van der Waals surface area contributed by atoms with E-state index in [0.717, 1.165) is 24.3 Å². The average molecular weight is 326 g/mol. The van der Waals surface area contributed by atoms with Crippen LogP contribution < -0.4 is 0 Å². The Balaban J connectivity index is 1.39. The molecule has 2 saturated heterocycles. The molecule has 0 spiro atoms. The van der Waals surface area contributed by atoms with Gasteiger partial charge in [-0.05, 0) is 11.1 Å². The zero-order chi connectivity index (χ0) is 16.2. The van der Waals surface area contributed by atoms with Gasteiger partial charge in [0, 0.05) is 0 Å². The first-order valence-corrected chi connectivity index (χ1v) is 8.44. The fourth-order valence-electron chi connectivity index (χ4n) is 2.85. The lowest BCUT2D eigenvalue weighted by Crippen LogP contribution is -2.40. The van der Waals surface area contributed by atoms with E-state index in [1.807, 2.05) is 36.4 Å². The molecule has 2 aromatic rings. The molecule has 2 heterocycles. The van der Waals surface area contributed by atoms with Crippen LogP contribution in [0.3, 0.4) is 0 Å². The van der Waals surface area contributed by atoms with E-state index in [2.05, 4.69) is 24.3 Å². The second-order valence-corrected chi connectivity index (χ2v) is 6.27. The van der Waals surface area contributed by atoms with Gasteiger partial charge in [0.05, 0.1) is 26.4 Å². The van der Waals surface area contributed by atoms with Crippen molar-refractivity contribution in [2.45, 2.75) is 37.6 Å². The normalized spacial score (nSPS) is 24.3. The zero-order valence-corrected chi connectivity index (χ0v) is 13.5. The van der Waals surface area contributed by atoms with Gasteiger partial charge in [-0.25, -0.2) is 0 Å². The molecular formula is C20H22O4. The summed E-state index contributed by atoms with van der Waals surface area (Å²) < 4.78 is 23.4.